The van der Waals surface area contributed by atoms with Gasteiger partial charge in [0.05, 0.1) is 25.8 Å². The molecule has 1 saturated heterocycles. The molecule has 1 fully saturated rings. The van der Waals surface area contributed by atoms with Crippen LogP contribution in [0.3, 0.4) is 0 Å². The Hall–Kier alpha value is -1.80. The Balaban J connectivity index is 1.79. The van der Waals surface area contributed by atoms with Gasteiger partial charge in [0.25, 0.3) is 0 Å². The molecule has 0 bridgehead atoms. The molecule has 8 heteroatoms. The second kappa shape index (κ2) is 8.73. The van der Waals surface area contributed by atoms with Crippen molar-refractivity contribution in [2.24, 2.45) is 0 Å². The van der Waals surface area contributed by atoms with Crippen molar-refractivity contribution >= 4 is 5.91 Å². The summed E-state index contributed by atoms with van der Waals surface area (Å²) in [6, 6.07) is -0.0169. The van der Waals surface area contributed by atoms with Crippen molar-refractivity contribution < 1.29 is 14.3 Å². The molecule has 1 amide bonds. The summed E-state index contributed by atoms with van der Waals surface area (Å²) in [6.45, 7) is 8.02. The van der Waals surface area contributed by atoms with Gasteiger partial charge in [-0.05, 0) is 37.6 Å². The SMILES string of the molecule is CC(C)=CCO[C@@H]1COCC[C@H]1NC(=O)CCn1nnnc1C. The first-order chi connectivity index (χ1) is 11.1. The molecule has 2 atom stereocenters. The van der Waals surface area contributed by atoms with Gasteiger partial charge in [0, 0.05) is 13.0 Å². The topological polar surface area (TPSA) is 91.2 Å². The first kappa shape index (κ1) is 17.6. The van der Waals surface area contributed by atoms with E-state index in [-0.39, 0.29) is 18.1 Å². The van der Waals surface area contributed by atoms with Crippen molar-refractivity contribution in [2.45, 2.75) is 52.3 Å². The summed E-state index contributed by atoms with van der Waals surface area (Å²) in [6.07, 6.45) is 3.01. The number of nitrogens with one attached hydrogen (secondary N) is 1. The van der Waals surface area contributed by atoms with Crippen LogP contribution < -0.4 is 5.32 Å². The predicted octanol–water partition coefficient (Wildman–Crippen LogP) is 0.628. The number of carbonyl (C=O) groups excluding carboxylic acids is 1. The molecule has 1 aliphatic heterocycles. The van der Waals surface area contributed by atoms with Crippen LogP contribution in [0.15, 0.2) is 11.6 Å². The number of tetrazole rings is 1. The molecular formula is C15H25N5O3. The van der Waals surface area contributed by atoms with Gasteiger partial charge in [-0.25, -0.2) is 4.68 Å². The molecule has 8 nitrogen and oxygen atoms in total. The number of ether oxygens (including phenoxy) is 2. The summed E-state index contributed by atoms with van der Waals surface area (Å²) < 4.78 is 12.9. The maximum atomic E-state index is 12.1. The molecule has 0 spiro atoms. The van der Waals surface area contributed by atoms with E-state index in [1.807, 2.05) is 26.8 Å². The summed E-state index contributed by atoms with van der Waals surface area (Å²) >= 11 is 0. The lowest BCUT2D eigenvalue weighted by Gasteiger charge is -2.31. The zero-order chi connectivity index (χ0) is 16.7. The van der Waals surface area contributed by atoms with Crippen molar-refractivity contribution in [3.05, 3.63) is 17.5 Å². The van der Waals surface area contributed by atoms with Crippen molar-refractivity contribution in [3.8, 4) is 0 Å². The highest BCUT2D eigenvalue weighted by Gasteiger charge is 2.27. The smallest absolute Gasteiger partial charge is 0.222 e. The number of hydrogen-bond donors (Lipinski definition) is 1. The molecule has 1 aromatic rings. The van der Waals surface area contributed by atoms with Gasteiger partial charge in [0.15, 0.2) is 0 Å². The molecule has 0 aromatic carbocycles. The van der Waals surface area contributed by atoms with Crippen molar-refractivity contribution in [2.75, 3.05) is 19.8 Å². The number of allylic oxidation sites excluding steroid dienone is 1. The van der Waals surface area contributed by atoms with E-state index in [0.717, 1.165) is 6.42 Å². The summed E-state index contributed by atoms with van der Waals surface area (Å²) in [5, 5.41) is 14.2. The Morgan fingerprint density at radius 1 is 1.52 bits per heavy atom. The summed E-state index contributed by atoms with van der Waals surface area (Å²) in [5.74, 6) is 0.675. The number of carbonyl (C=O) groups is 1. The van der Waals surface area contributed by atoms with E-state index in [1.165, 1.54) is 5.57 Å². The van der Waals surface area contributed by atoms with Crippen LogP contribution >= 0.6 is 0 Å². The maximum absolute atomic E-state index is 12.1. The molecule has 1 N–H and O–H groups in total. The Bertz CT molecular complexity index is 539. The zero-order valence-electron chi connectivity index (χ0n) is 14.0. The summed E-state index contributed by atoms with van der Waals surface area (Å²) in [4.78, 5) is 12.1. The number of amides is 1. The third-order valence-electron chi connectivity index (χ3n) is 3.71. The monoisotopic (exact) mass is 323 g/mol. The van der Waals surface area contributed by atoms with Gasteiger partial charge in [-0.2, -0.15) is 0 Å². The van der Waals surface area contributed by atoms with Gasteiger partial charge >= 0.3 is 0 Å². The predicted molar refractivity (Wildman–Crippen MR) is 83.7 cm³/mol. The first-order valence-electron chi connectivity index (χ1n) is 7.91. The van der Waals surface area contributed by atoms with E-state index in [4.69, 9.17) is 9.47 Å². The number of aromatic nitrogens is 4. The quantitative estimate of drug-likeness (QED) is 0.740. The number of nitrogens with zero attached hydrogens (tertiary/aromatic N) is 4. The van der Waals surface area contributed by atoms with E-state index < -0.39 is 0 Å². The van der Waals surface area contributed by atoms with Crippen LogP contribution in [-0.4, -0.2) is 58.1 Å². The minimum Gasteiger partial charge on any atom is -0.379 e. The van der Waals surface area contributed by atoms with Crippen molar-refractivity contribution in [1.82, 2.24) is 25.5 Å². The van der Waals surface area contributed by atoms with E-state index in [2.05, 4.69) is 20.8 Å². The lowest BCUT2D eigenvalue weighted by atomic mass is 10.1. The van der Waals surface area contributed by atoms with Gasteiger partial charge in [-0.15, -0.1) is 5.10 Å². The highest BCUT2D eigenvalue weighted by molar-refractivity contribution is 5.76. The standard InChI is InChI=1S/C15H25N5O3/c1-11(2)5-9-23-14-10-22-8-6-13(14)16-15(21)4-7-20-12(3)17-18-19-20/h5,13-14H,4,6-10H2,1-3H3,(H,16,21)/t13-,14-/m1/s1. The second-order valence-corrected chi connectivity index (χ2v) is 5.89. The fourth-order valence-electron chi connectivity index (χ4n) is 2.32. The van der Waals surface area contributed by atoms with E-state index in [1.54, 1.807) is 4.68 Å². The minimum atomic E-state index is -0.113. The molecule has 23 heavy (non-hydrogen) atoms. The van der Waals surface area contributed by atoms with Crippen LogP contribution in [-0.2, 0) is 20.8 Å². The molecule has 0 saturated carbocycles. The zero-order valence-corrected chi connectivity index (χ0v) is 14.0. The second-order valence-electron chi connectivity index (χ2n) is 5.89. The molecule has 0 radical (unpaired) electrons. The van der Waals surface area contributed by atoms with Gasteiger partial charge in [-0.1, -0.05) is 11.6 Å². The van der Waals surface area contributed by atoms with Crippen LogP contribution in [0.4, 0.5) is 0 Å². The van der Waals surface area contributed by atoms with E-state index in [9.17, 15) is 4.79 Å². The molecule has 2 heterocycles. The highest BCUT2D eigenvalue weighted by atomic mass is 16.5. The third-order valence-corrected chi connectivity index (χ3v) is 3.71. The van der Waals surface area contributed by atoms with Crippen LogP contribution in [0.2, 0.25) is 0 Å². The van der Waals surface area contributed by atoms with Crippen molar-refractivity contribution in [1.29, 1.82) is 0 Å². The summed E-state index contributed by atoms with van der Waals surface area (Å²) in [5.41, 5.74) is 1.21. The van der Waals surface area contributed by atoms with E-state index in [0.29, 0.717) is 38.6 Å². The fourth-order valence-corrected chi connectivity index (χ4v) is 2.32. The molecule has 0 aliphatic carbocycles. The Labute approximate surface area is 136 Å². The fraction of sp³-hybridized carbons (Fsp3) is 0.733. The normalized spacial score (nSPS) is 21.0. The van der Waals surface area contributed by atoms with Gasteiger partial charge < -0.3 is 14.8 Å². The average Bonchev–Trinajstić information content (AvgIpc) is 2.92. The third kappa shape index (κ3) is 5.72. The summed E-state index contributed by atoms with van der Waals surface area (Å²) in [7, 11) is 0. The molecule has 128 valence electrons. The lowest BCUT2D eigenvalue weighted by Crippen LogP contribution is -2.50. The van der Waals surface area contributed by atoms with Crippen molar-refractivity contribution in [3.63, 3.8) is 0 Å². The Kier molecular flexibility index (Phi) is 6.66. The molecule has 1 aromatic heterocycles. The van der Waals surface area contributed by atoms with Crippen LogP contribution in [0.1, 0.15) is 32.5 Å². The van der Waals surface area contributed by atoms with Gasteiger partial charge in [-0.3, -0.25) is 4.79 Å². The maximum Gasteiger partial charge on any atom is 0.222 e. The lowest BCUT2D eigenvalue weighted by molar-refractivity contribution is -0.125. The molecule has 0 unspecified atom stereocenters. The van der Waals surface area contributed by atoms with Gasteiger partial charge in [0.1, 0.15) is 11.9 Å². The first-order valence-corrected chi connectivity index (χ1v) is 7.91. The van der Waals surface area contributed by atoms with Crippen LogP contribution in [0.5, 0.6) is 0 Å². The van der Waals surface area contributed by atoms with Crippen LogP contribution in [0.25, 0.3) is 0 Å². The molecule has 2 rings (SSSR count). The number of aryl methyl sites for hydroxylation is 2. The molecule has 1 aliphatic rings. The minimum absolute atomic E-state index is 0.0169. The van der Waals surface area contributed by atoms with Gasteiger partial charge in [0.2, 0.25) is 5.91 Å². The average molecular weight is 323 g/mol. The highest BCUT2D eigenvalue weighted by Crippen LogP contribution is 2.12. The molecular weight excluding hydrogens is 298 g/mol. The number of rotatable bonds is 7. The van der Waals surface area contributed by atoms with E-state index >= 15 is 0 Å². The number of hydrogen-bond acceptors (Lipinski definition) is 6. The largest absolute Gasteiger partial charge is 0.379 e. The Morgan fingerprint density at radius 3 is 3.04 bits per heavy atom. The Morgan fingerprint density at radius 2 is 2.35 bits per heavy atom. The van der Waals surface area contributed by atoms with Crippen LogP contribution in [0, 0.1) is 6.92 Å².